The molecule has 0 unspecified atom stereocenters. The minimum absolute atomic E-state index is 0.627. The molecule has 3 nitrogen and oxygen atoms in total. The van der Waals surface area contributed by atoms with E-state index in [1.54, 1.807) is 0 Å². The van der Waals surface area contributed by atoms with E-state index in [1.807, 2.05) is 12.1 Å². The highest BCUT2D eigenvalue weighted by Crippen LogP contribution is 2.38. The van der Waals surface area contributed by atoms with Gasteiger partial charge in [-0.1, -0.05) is 121 Å². The lowest BCUT2D eigenvalue weighted by molar-refractivity contribution is 0.621. The quantitative estimate of drug-likeness (QED) is 0.187. The molecule has 3 heteroatoms. The zero-order chi connectivity index (χ0) is 31.9. The first-order valence-corrected chi connectivity index (χ1v) is 16.2. The Balaban J connectivity index is 1.06. The van der Waals surface area contributed by atoms with Crippen LogP contribution in [0.1, 0.15) is 0 Å². The van der Waals surface area contributed by atoms with E-state index in [9.17, 15) is 0 Å². The number of anilines is 3. The van der Waals surface area contributed by atoms with Crippen LogP contribution in [0.5, 0.6) is 0 Å². The Morgan fingerprint density at radius 3 is 1.56 bits per heavy atom. The van der Waals surface area contributed by atoms with Crippen LogP contribution in [0.4, 0.5) is 17.1 Å². The van der Waals surface area contributed by atoms with E-state index < -0.39 is 0 Å². The fourth-order valence-electron chi connectivity index (χ4n) is 6.61. The average molecular weight is 615 g/mol. The molecule has 0 spiro atoms. The van der Waals surface area contributed by atoms with Gasteiger partial charge in [-0.05, 0) is 98.9 Å². The second kappa shape index (κ2) is 11.7. The highest BCUT2D eigenvalue weighted by molar-refractivity contribution is 5.93. The van der Waals surface area contributed by atoms with Gasteiger partial charge in [-0.2, -0.15) is 0 Å². The molecule has 0 radical (unpaired) electrons. The molecule has 0 bridgehead atoms. The molecule has 1 aromatic heterocycles. The molecular formula is C45H30N2O. The van der Waals surface area contributed by atoms with Crippen LogP contribution in [-0.4, -0.2) is 4.98 Å². The standard InChI is InChI=1S/C45H30N2O/c1-2-13-39(14-3-1)47(40-25-21-33(22-26-40)37-19-17-31-9-4-6-11-35(31)29-37)41-27-23-34(24-28-41)42-15-8-16-43-44(42)48-45(46-43)38-20-18-32-10-5-7-12-36(32)30-38/h1-30H. The number of hydrogen-bond donors (Lipinski definition) is 0. The number of para-hydroxylation sites is 2. The van der Waals surface area contributed by atoms with Gasteiger partial charge < -0.3 is 9.32 Å². The summed E-state index contributed by atoms with van der Waals surface area (Å²) in [6.45, 7) is 0. The topological polar surface area (TPSA) is 29.3 Å². The molecule has 9 aromatic rings. The third kappa shape index (κ3) is 5.08. The van der Waals surface area contributed by atoms with Gasteiger partial charge in [0.05, 0.1) is 0 Å². The smallest absolute Gasteiger partial charge is 0.227 e. The fourth-order valence-corrected chi connectivity index (χ4v) is 6.61. The number of benzene rings is 8. The predicted octanol–water partition coefficient (Wildman–Crippen LogP) is 12.6. The van der Waals surface area contributed by atoms with Gasteiger partial charge in [0.25, 0.3) is 0 Å². The number of rotatable bonds is 6. The average Bonchev–Trinajstić information content (AvgIpc) is 3.61. The van der Waals surface area contributed by atoms with Crippen molar-refractivity contribution in [3.8, 4) is 33.7 Å². The van der Waals surface area contributed by atoms with E-state index in [0.29, 0.717) is 5.89 Å². The molecule has 8 aromatic carbocycles. The van der Waals surface area contributed by atoms with Crippen LogP contribution >= 0.6 is 0 Å². The van der Waals surface area contributed by atoms with Gasteiger partial charge in [0.2, 0.25) is 5.89 Å². The first-order valence-electron chi connectivity index (χ1n) is 16.2. The lowest BCUT2D eigenvalue weighted by Gasteiger charge is -2.26. The lowest BCUT2D eigenvalue weighted by atomic mass is 10.0. The molecule has 1 heterocycles. The molecule has 0 N–H and O–H groups in total. The molecule has 226 valence electrons. The van der Waals surface area contributed by atoms with E-state index in [1.165, 1.54) is 32.7 Å². The van der Waals surface area contributed by atoms with Crippen molar-refractivity contribution in [2.24, 2.45) is 0 Å². The Kier molecular flexibility index (Phi) is 6.80. The van der Waals surface area contributed by atoms with Crippen molar-refractivity contribution < 1.29 is 4.42 Å². The van der Waals surface area contributed by atoms with Crippen LogP contribution in [0.2, 0.25) is 0 Å². The first kappa shape index (κ1) is 27.8. The summed E-state index contributed by atoms with van der Waals surface area (Å²) in [6.07, 6.45) is 0. The second-order valence-electron chi connectivity index (χ2n) is 12.1. The van der Waals surface area contributed by atoms with Crippen LogP contribution in [0.25, 0.3) is 66.4 Å². The number of oxazole rings is 1. The number of fused-ring (bicyclic) bond motifs is 3. The summed E-state index contributed by atoms with van der Waals surface area (Å²) in [4.78, 5) is 7.16. The molecule has 0 saturated carbocycles. The van der Waals surface area contributed by atoms with Crippen molar-refractivity contribution in [2.45, 2.75) is 0 Å². The van der Waals surface area contributed by atoms with E-state index in [2.05, 4.69) is 175 Å². The molecule has 0 saturated heterocycles. The highest BCUT2D eigenvalue weighted by atomic mass is 16.3. The zero-order valence-corrected chi connectivity index (χ0v) is 26.1. The Hall–Kier alpha value is -6.45. The van der Waals surface area contributed by atoms with E-state index in [4.69, 9.17) is 9.40 Å². The third-order valence-corrected chi connectivity index (χ3v) is 9.07. The Labute approximate surface area is 279 Å². The van der Waals surface area contributed by atoms with Crippen molar-refractivity contribution in [1.82, 2.24) is 4.98 Å². The summed E-state index contributed by atoms with van der Waals surface area (Å²) in [5, 5.41) is 4.86. The van der Waals surface area contributed by atoms with Gasteiger partial charge in [0.1, 0.15) is 5.52 Å². The van der Waals surface area contributed by atoms with Crippen LogP contribution in [0.15, 0.2) is 186 Å². The molecule has 0 aliphatic rings. The molecule has 0 fully saturated rings. The van der Waals surface area contributed by atoms with Crippen LogP contribution in [0.3, 0.4) is 0 Å². The summed E-state index contributed by atoms with van der Waals surface area (Å²) in [7, 11) is 0. The van der Waals surface area contributed by atoms with E-state index in [-0.39, 0.29) is 0 Å². The van der Waals surface area contributed by atoms with Gasteiger partial charge in [0, 0.05) is 28.2 Å². The monoisotopic (exact) mass is 614 g/mol. The highest BCUT2D eigenvalue weighted by Gasteiger charge is 2.16. The van der Waals surface area contributed by atoms with Gasteiger partial charge in [-0.3, -0.25) is 0 Å². The molecular weight excluding hydrogens is 585 g/mol. The van der Waals surface area contributed by atoms with Crippen LogP contribution < -0.4 is 4.90 Å². The predicted molar refractivity (Wildman–Crippen MR) is 200 cm³/mol. The molecule has 48 heavy (non-hydrogen) atoms. The van der Waals surface area contributed by atoms with E-state index >= 15 is 0 Å². The molecule has 0 atom stereocenters. The molecule has 9 rings (SSSR count). The zero-order valence-electron chi connectivity index (χ0n) is 26.1. The SMILES string of the molecule is c1ccc(N(c2ccc(-c3ccc4ccccc4c3)cc2)c2ccc(-c3cccc4nc(-c5ccc6ccccc6c5)oc34)cc2)cc1. The summed E-state index contributed by atoms with van der Waals surface area (Å²) in [6, 6.07) is 64.0. The van der Waals surface area contributed by atoms with Crippen molar-refractivity contribution in [3.05, 3.63) is 182 Å². The lowest BCUT2D eigenvalue weighted by Crippen LogP contribution is -2.09. The maximum absolute atomic E-state index is 6.45. The first-order chi connectivity index (χ1) is 23.8. The number of aromatic nitrogens is 1. The molecule has 0 aliphatic carbocycles. The Morgan fingerprint density at radius 2 is 0.896 bits per heavy atom. The van der Waals surface area contributed by atoms with Crippen molar-refractivity contribution >= 4 is 49.7 Å². The van der Waals surface area contributed by atoms with Gasteiger partial charge in [0.15, 0.2) is 5.58 Å². The maximum atomic E-state index is 6.45. The van der Waals surface area contributed by atoms with Gasteiger partial charge in [-0.25, -0.2) is 4.98 Å². The van der Waals surface area contributed by atoms with E-state index in [0.717, 1.165) is 44.9 Å². The normalized spacial score (nSPS) is 11.3. The summed E-state index contributed by atoms with van der Waals surface area (Å²) in [5.41, 5.74) is 10.4. The summed E-state index contributed by atoms with van der Waals surface area (Å²) < 4.78 is 6.45. The summed E-state index contributed by atoms with van der Waals surface area (Å²) >= 11 is 0. The Bertz CT molecular complexity index is 2550. The maximum Gasteiger partial charge on any atom is 0.227 e. The molecule has 0 aliphatic heterocycles. The van der Waals surface area contributed by atoms with Crippen molar-refractivity contribution in [3.63, 3.8) is 0 Å². The molecule has 0 amide bonds. The van der Waals surface area contributed by atoms with Gasteiger partial charge >= 0.3 is 0 Å². The van der Waals surface area contributed by atoms with Crippen molar-refractivity contribution in [2.75, 3.05) is 4.90 Å². The minimum Gasteiger partial charge on any atom is -0.435 e. The largest absolute Gasteiger partial charge is 0.435 e. The van der Waals surface area contributed by atoms with Crippen LogP contribution in [0, 0.1) is 0 Å². The second-order valence-corrected chi connectivity index (χ2v) is 12.1. The van der Waals surface area contributed by atoms with Gasteiger partial charge in [-0.15, -0.1) is 0 Å². The third-order valence-electron chi connectivity index (χ3n) is 9.07. The van der Waals surface area contributed by atoms with Crippen LogP contribution in [-0.2, 0) is 0 Å². The number of nitrogens with zero attached hydrogens (tertiary/aromatic N) is 2. The minimum atomic E-state index is 0.627. The Morgan fingerprint density at radius 1 is 0.375 bits per heavy atom. The van der Waals surface area contributed by atoms with Crippen molar-refractivity contribution in [1.29, 1.82) is 0 Å². The fraction of sp³-hybridized carbons (Fsp3) is 0. The summed E-state index contributed by atoms with van der Waals surface area (Å²) in [5.74, 6) is 0.627. The number of hydrogen-bond acceptors (Lipinski definition) is 3.